The zero-order valence-corrected chi connectivity index (χ0v) is 34.8. The topological polar surface area (TPSA) is 139 Å². The summed E-state index contributed by atoms with van der Waals surface area (Å²) in [5.74, 6) is -5.73. The van der Waals surface area contributed by atoms with Gasteiger partial charge in [-0.2, -0.15) is 41.6 Å². The second kappa shape index (κ2) is 15.9. The first-order valence-electron chi connectivity index (χ1n) is 19.7. The number of nitrogen functional groups attached to an aromatic ring is 2. The van der Waals surface area contributed by atoms with Crippen LogP contribution >= 0.6 is 22.9 Å². The number of anilines is 3. The van der Waals surface area contributed by atoms with E-state index >= 15 is 22.0 Å². The van der Waals surface area contributed by atoms with Gasteiger partial charge in [0.15, 0.2) is 5.82 Å². The third kappa shape index (κ3) is 8.41. The number of hydrogen-bond donors (Lipinski definition) is 2. The van der Waals surface area contributed by atoms with Gasteiger partial charge >= 0.3 is 18.4 Å². The van der Waals surface area contributed by atoms with Crippen molar-refractivity contribution in [2.45, 2.75) is 70.3 Å². The predicted octanol–water partition coefficient (Wildman–Crippen LogP) is 10.5. The molecule has 4 aliphatic rings. The number of alkyl halides is 8. The standard InChI is InChI=1S/C38H32ClF7N8O2S.C3H5F3/c39-19-11-18(31(48)50-13-19)14-54-9-10-55-29-25-28(27(41)24(26(29)38(44,45)46)20-1-2-22(40)30-23(20)21(12-47)32(49)57-30)51-34(52-33(25)54)56-17-35(3-4-35)16-53-7-5-36(6-8-53)15-37(36,42)43;1-2-3(4,5)6/h1-2,11,13H,3-10,14-17,49H2,(H2,48,50);2H2,1H3. The molecule has 2 saturated carbocycles. The smallest absolute Gasteiger partial charge is 0.420 e. The Labute approximate surface area is 361 Å². The summed E-state index contributed by atoms with van der Waals surface area (Å²) in [6.07, 6.45) is -6.36. The first kappa shape index (κ1) is 44.5. The highest BCUT2D eigenvalue weighted by Crippen LogP contribution is 2.66. The van der Waals surface area contributed by atoms with Crippen LogP contribution < -0.4 is 25.8 Å². The monoisotopic (exact) mass is 930 g/mol. The molecule has 2 aromatic carbocycles. The van der Waals surface area contributed by atoms with Gasteiger partial charge in [-0.25, -0.2) is 22.5 Å². The molecule has 5 heterocycles. The number of piperidine rings is 1. The van der Waals surface area contributed by atoms with Crippen LogP contribution in [0.1, 0.15) is 62.1 Å². The molecule has 3 fully saturated rings. The maximum Gasteiger partial charge on any atom is 0.420 e. The number of benzene rings is 2. The summed E-state index contributed by atoms with van der Waals surface area (Å²) >= 11 is 6.87. The molecule has 22 heteroatoms. The minimum Gasteiger partial charge on any atom is -0.490 e. The second-order valence-corrected chi connectivity index (χ2v) is 17.8. The Morgan fingerprint density at radius 1 is 1.02 bits per heavy atom. The fraction of sp³-hybridized carbons (Fsp3) is 0.463. The van der Waals surface area contributed by atoms with Gasteiger partial charge in [0.05, 0.1) is 33.8 Å². The third-order valence-electron chi connectivity index (χ3n) is 12.2. The Bertz CT molecular complexity index is 2660. The Morgan fingerprint density at radius 2 is 1.70 bits per heavy atom. The van der Waals surface area contributed by atoms with Gasteiger partial charge in [0.25, 0.3) is 5.92 Å². The summed E-state index contributed by atoms with van der Waals surface area (Å²) in [7, 11) is 0. The molecule has 0 bridgehead atoms. The van der Waals surface area contributed by atoms with Crippen LogP contribution in [0.5, 0.6) is 11.8 Å². The lowest BCUT2D eigenvalue weighted by Gasteiger charge is -2.34. The molecule has 0 atom stereocenters. The van der Waals surface area contributed by atoms with Gasteiger partial charge in [0, 0.05) is 59.5 Å². The first-order chi connectivity index (χ1) is 29.6. The number of pyridine rings is 1. The molecule has 2 aliphatic heterocycles. The van der Waals surface area contributed by atoms with E-state index in [0.29, 0.717) is 49.4 Å². The first-order valence-corrected chi connectivity index (χ1v) is 20.9. The molecular formula is C41H37ClF10N8O2S. The van der Waals surface area contributed by atoms with Gasteiger partial charge in [-0.3, -0.25) is 0 Å². The molecule has 0 amide bonds. The van der Waals surface area contributed by atoms with E-state index in [4.69, 9.17) is 32.5 Å². The number of nitrogens with two attached hydrogens (primary N) is 2. The highest BCUT2D eigenvalue weighted by atomic mass is 35.5. The number of hydrogen-bond acceptors (Lipinski definition) is 11. The van der Waals surface area contributed by atoms with E-state index in [2.05, 4.69) is 19.9 Å². The zero-order chi connectivity index (χ0) is 45.4. The Hall–Kier alpha value is -5.07. The fourth-order valence-electron chi connectivity index (χ4n) is 8.35. The van der Waals surface area contributed by atoms with Crippen LogP contribution in [-0.2, 0) is 12.7 Å². The van der Waals surface area contributed by atoms with Crippen LogP contribution in [0.3, 0.4) is 0 Å². The van der Waals surface area contributed by atoms with Gasteiger partial charge in [-0.05, 0) is 56.5 Å². The molecular weight excluding hydrogens is 894 g/mol. The molecule has 4 N–H and O–H groups in total. The second-order valence-electron chi connectivity index (χ2n) is 16.4. The molecule has 0 unspecified atom stereocenters. The van der Waals surface area contributed by atoms with E-state index in [1.54, 1.807) is 11.0 Å². The maximum atomic E-state index is 17.4. The van der Waals surface area contributed by atoms with E-state index in [-0.39, 0.29) is 81.5 Å². The molecule has 2 aliphatic carbocycles. The van der Waals surface area contributed by atoms with E-state index in [1.807, 2.05) is 6.07 Å². The van der Waals surface area contributed by atoms with E-state index < -0.39 is 75.1 Å². The summed E-state index contributed by atoms with van der Waals surface area (Å²) in [5, 5.41) is 9.35. The van der Waals surface area contributed by atoms with Crippen molar-refractivity contribution >= 4 is 60.6 Å². The number of aromatic nitrogens is 3. The summed E-state index contributed by atoms with van der Waals surface area (Å²) in [5.41, 5.74) is 7.45. The van der Waals surface area contributed by atoms with Crippen LogP contribution in [0.2, 0.25) is 5.02 Å². The molecule has 336 valence electrons. The summed E-state index contributed by atoms with van der Waals surface area (Å²) < 4.78 is 151. The van der Waals surface area contributed by atoms with E-state index in [0.717, 1.165) is 31.9 Å². The number of likely N-dealkylation sites (tertiary alicyclic amines) is 1. The van der Waals surface area contributed by atoms with Crippen molar-refractivity contribution in [3.05, 3.63) is 57.7 Å². The number of nitriles is 1. The maximum absolute atomic E-state index is 17.4. The summed E-state index contributed by atoms with van der Waals surface area (Å²) in [6, 6.07) is 4.89. The van der Waals surface area contributed by atoms with Gasteiger partial charge in [-0.1, -0.05) is 24.6 Å². The fourth-order valence-corrected chi connectivity index (χ4v) is 9.48. The lowest BCUT2D eigenvalue weighted by molar-refractivity contribution is -0.138. The minimum atomic E-state index is -5.25. The average molecular weight is 931 g/mol. The van der Waals surface area contributed by atoms with Crippen molar-refractivity contribution in [3.63, 3.8) is 0 Å². The molecule has 1 spiro atoms. The van der Waals surface area contributed by atoms with Crippen molar-refractivity contribution in [2.75, 3.05) is 55.8 Å². The highest BCUT2D eigenvalue weighted by molar-refractivity contribution is 7.23. The number of nitrogens with zero attached hydrogens (tertiary/aromatic N) is 6. The number of thiophene rings is 1. The number of fused-ring (bicyclic) bond motifs is 1. The molecule has 5 aromatic rings. The Morgan fingerprint density at radius 3 is 2.30 bits per heavy atom. The molecule has 1 saturated heterocycles. The van der Waals surface area contributed by atoms with Crippen molar-refractivity contribution in [1.29, 1.82) is 5.26 Å². The number of halogens is 11. The van der Waals surface area contributed by atoms with Gasteiger partial charge in [-0.15, -0.1) is 11.3 Å². The molecule has 9 rings (SSSR count). The van der Waals surface area contributed by atoms with Gasteiger partial charge in [0.1, 0.15) is 52.0 Å². The number of ether oxygens (including phenoxy) is 2. The van der Waals surface area contributed by atoms with Crippen LogP contribution in [0.15, 0.2) is 24.4 Å². The minimum absolute atomic E-state index is 0.0552. The van der Waals surface area contributed by atoms with Crippen molar-refractivity contribution in [3.8, 4) is 29.0 Å². The quantitative estimate of drug-likeness (QED) is 0.145. The summed E-state index contributed by atoms with van der Waals surface area (Å²) in [6.45, 7) is 2.29. The molecule has 10 nitrogen and oxygen atoms in total. The van der Waals surface area contributed by atoms with Crippen molar-refractivity contribution < 1.29 is 53.4 Å². The van der Waals surface area contributed by atoms with Crippen LogP contribution in [0.25, 0.3) is 32.1 Å². The average Bonchev–Trinajstić information content (AvgIpc) is 4.07. The Balaban J connectivity index is 0.000000849. The van der Waals surface area contributed by atoms with Crippen LogP contribution in [-0.4, -0.2) is 71.3 Å². The summed E-state index contributed by atoms with van der Waals surface area (Å²) in [4.78, 5) is 16.7. The molecule has 3 aromatic heterocycles. The van der Waals surface area contributed by atoms with Crippen LogP contribution in [0, 0.1) is 33.8 Å². The lowest BCUT2D eigenvalue weighted by Crippen LogP contribution is -2.41. The van der Waals surface area contributed by atoms with Crippen molar-refractivity contribution in [2.24, 2.45) is 10.8 Å². The third-order valence-corrected chi connectivity index (χ3v) is 13.4. The van der Waals surface area contributed by atoms with Gasteiger partial charge < -0.3 is 30.7 Å². The molecule has 0 radical (unpaired) electrons. The zero-order valence-electron chi connectivity index (χ0n) is 33.2. The lowest BCUT2D eigenvalue weighted by atomic mass is 9.91. The van der Waals surface area contributed by atoms with E-state index in [1.165, 1.54) is 6.20 Å². The molecule has 63 heavy (non-hydrogen) atoms. The van der Waals surface area contributed by atoms with Gasteiger partial charge in [0.2, 0.25) is 0 Å². The Kier molecular flexibility index (Phi) is 11.2. The van der Waals surface area contributed by atoms with Crippen LogP contribution in [0.4, 0.5) is 60.5 Å². The SMILES string of the molecule is CCC(F)(F)F.N#Cc1c(N)sc2c(F)ccc(-c3c(C(F)(F)F)c4c5c(nc(OCC6(CN7CCC8(CC7)CC8(F)F)CC6)nc5c3F)N(Cc3cc(Cl)cnc3N)CCO4)c12. The van der Waals surface area contributed by atoms with Crippen molar-refractivity contribution in [1.82, 2.24) is 19.9 Å². The number of rotatable bonds is 8. The largest absolute Gasteiger partial charge is 0.490 e. The highest BCUT2D eigenvalue weighted by Gasteiger charge is 2.70. The van der Waals surface area contributed by atoms with E-state index in [9.17, 15) is 27.2 Å². The predicted molar refractivity (Wildman–Crippen MR) is 216 cm³/mol. The normalized spacial score (nSPS) is 18.7.